The molecule has 2 heterocycles. The molecule has 26 heavy (non-hydrogen) atoms. The summed E-state index contributed by atoms with van der Waals surface area (Å²) in [5.74, 6) is -3.33. The summed E-state index contributed by atoms with van der Waals surface area (Å²) in [6.45, 7) is 0. The first-order valence-electron chi connectivity index (χ1n) is 8.04. The fourth-order valence-electron chi connectivity index (χ4n) is 2.86. The van der Waals surface area contributed by atoms with Crippen molar-refractivity contribution in [2.45, 2.75) is 25.7 Å². The minimum atomic E-state index is -0.903. The van der Waals surface area contributed by atoms with Crippen molar-refractivity contribution in [3.8, 4) is 0 Å². The Kier molecular flexibility index (Phi) is 5.20. The second kappa shape index (κ2) is 7.72. The average Bonchev–Trinajstić information content (AvgIpc) is 3.35. The maximum atomic E-state index is 12.3. The Balaban J connectivity index is 1.65. The fraction of sp³-hybridized carbons (Fsp3) is 0.375. The minimum Gasteiger partial charge on any atom is -0.375 e. The third-order valence-corrected chi connectivity index (χ3v) is 4.18. The van der Waals surface area contributed by atoms with Gasteiger partial charge in [0.25, 0.3) is 0 Å². The monoisotopic (exact) mass is 360 g/mol. The highest BCUT2D eigenvalue weighted by atomic mass is 16.6. The van der Waals surface area contributed by atoms with Crippen molar-refractivity contribution in [1.29, 1.82) is 0 Å². The fourth-order valence-corrected chi connectivity index (χ4v) is 2.86. The molecule has 3 rings (SSSR count). The van der Waals surface area contributed by atoms with Crippen LogP contribution in [0.15, 0.2) is 37.4 Å². The summed E-state index contributed by atoms with van der Waals surface area (Å²) < 4.78 is 11.7. The largest absolute Gasteiger partial charge is 0.427 e. The maximum absolute atomic E-state index is 12.3. The molecule has 0 bridgehead atoms. The van der Waals surface area contributed by atoms with Gasteiger partial charge in [0.1, 0.15) is 12.7 Å². The number of nitrogens with zero attached hydrogens (tertiary/aromatic N) is 4. The quantitative estimate of drug-likeness (QED) is 0.585. The molecule has 2 aromatic rings. The van der Waals surface area contributed by atoms with Crippen molar-refractivity contribution >= 4 is 24.1 Å². The highest BCUT2D eigenvalue weighted by Gasteiger charge is 2.39. The molecule has 2 unspecified atom stereocenters. The second-order valence-corrected chi connectivity index (χ2v) is 5.81. The summed E-state index contributed by atoms with van der Waals surface area (Å²) in [5, 5.41) is 0. The van der Waals surface area contributed by atoms with E-state index in [-0.39, 0.29) is 0 Å². The lowest BCUT2D eigenvalue weighted by Gasteiger charge is -2.27. The number of rotatable bonds is 2. The average molecular weight is 360 g/mol. The van der Waals surface area contributed by atoms with Gasteiger partial charge in [-0.3, -0.25) is 9.59 Å². The molecule has 0 radical (unpaired) electrons. The molecule has 1 aliphatic rings. The molecule has 0 N–H and O–H groups in total. The Morgan fingerprint density at radius 1 is 0.769 bits per heavy atom. The van der Waals surface area contributed by atoms with Gasteiger partial charge in [-0.25, -0.2) is 28.7 Å². The third-order valence-electron chi connectivity index (χ3n) is 4.18. The Hall–Kier alpha value is -3.30. The van der Waals surface area contributed by atoms with Crippen LogP contribution in [-0.4, -0.2) is 43.2 Å². The third kappa shape index (κ3) is 3.85. The van der Waals surface area contributed by atoms with E-state index in [9.17, 15) is 19.2 Å². The van der Waals surface area contributed by atoms with Gasteiger partial charge in [-0.05, 0) is 12.8 Å². The molecule has 0 saturated heterocycles. The molecule has 0 amide bonds. The van der Waals surface area contributed by atoms with Crippen molar-refractivity contribution in [2.24, 2.45) is 11.8 Å². The van der Waals surface area contributed by atoms with E-state index >= 15 is 0 Å². The van der Waals surface area contributed by atoms with Gasteiger partial charge in [-0.1, -0.05) is 12.8 Å². The first-order chi connectivity index (χ1) is 12.6. The van der Waals surface area contributed by atoms with Crippen molar-refractivity contribution in [2.75, 3.05) is 0 Å². The minimum absolute atomic E-state index is 0.370. The van der Waals surface area contributed by atoms with Crippen LogP contribution in [0, 0.1) is 11.8 Å². The topological polar surface area (TPSA) is 122 Å². The molecular formula is C16H16N4O6. The summed E-state index contributed by atoms with van der Waals surface area (Å²) in [6.07, 6.45) is 8.17. The molecule has 0 spiro atoms. The number of hydrogen-bond acceptors (Lipinski definition) is 8. The van der Waals surface area contributed by atoms with Crippen molar-refractivity contribution in [3.05, 3.63) is 37.4 Å². The van der Waals surface area contributed by atoms with E-state index < -0.39 is 36.0 Å². The van der Waals surface area contributed by atoms with Gasteiger partial charge >= 0.3 is 24.1 Å². The number of imidazole rings is 2. The predicted octanol–water partition coefficient (Wildman–Crippen LogP) is 1.61. The van der Waals surface area contributed by atoms with E-state index in [1.54, 1.807) is 0 Å². The van der Waals surface area contributed by atoms with E-state index in [0.717, 1.165) is 9.13 Å². The SMILES string of the molecule is O=C(OC(=O)n1ccnc1)C1CCCCC1C(=O)OC(=O)n1ccnc1. The van der Waals surface area contributed by atoms with E-state index in [1.165, 1.54) is 37.4 Å². The van der Waals surface area contributed by atoms with Gasteiger partial charge in [0.15, 0.2) is 0 Å². The van der Waals surface area contributed by atoms with Crippen LogP contribution < -0.4 is 0 Å². The Labute approximate surface area is 147 Å². The van der Waals surface area contributed by atoms with Crippen LogP contribution in [0.5, 0.6) is 0 Å². The lowest BCUT2D eigenvalue weighted by Crippen LogP contribution is -2.37. The van der Waals surface area contributed by atoms with Crippen LogP contribution in [0.2, 0.25) is 0 Å². The normalized spacial score (nSPS) is 19.5. The molecule has 10 nitrogen and oxygen atoms in total. The van der Waals surface area contributed by atoms with E-state index in [1.807, 2.05) is 0 Å². The van der Waals surface area contributed by atoms with Crippen molar-refractivity contribution in [3.63, 3.8) is 0 Å². The molecule has 0 aliphatic heterocycles. The van der Waals surface area contributed by atoms with E-state index in [0.29, 0.717) is 25.7 Å². The molecule has 1 aliphatic carbocycles. The lowest BCUT2D eigenvalue weighted by atomic mass is 9.79. The number of ether oxygens (including phenoxy) is 2. The first kappa shape index (κ1) is 17.5. The van der Waals surface area contributed by atoms with Gasteiger partial charge in [0, 0.05) is 24.8 Å². The molecule has 0 aromatic carbocycles. The Bertz CT molecular complexity index is 731. The van der Waals surface area contributed by atoms with Gasteiger partial charge in [-0.2, -0.15) is 0 Å². The summed E-state index contributed by atoms with van der Waals surface area (Å²) in [7, 11) is 0. The molecule has 1 fully saturated rings. The molecule has 1 saturated carbocycles. The Morgan fingerprint density at radius 2 is 1.19 bits per heavy atom. The molecule has 10 heteroatoms. The van der Waals surface area contributed by atoms with Crippen LogP contribution in [0.1, 0.15) is 25.7 Å². The predicted molar refractivity (Wildman–Crippen MR) is 83.7 cm³/mol. The zero-order valence-corrected chi connectivity index (χ0v) is 13.7. The summed E-state index contributed by atoms with van der Waals surface area (Å²) in [5.41, 5.74) is 0. The van der Waals surface area contributed by atoms with Gasteiger partial charge < -0.3 is 9.47 Å². The Morgan fingerprint density at radius 3 is 1.54 bits per heavy atom. The molecule has 2 aromatic heterocycles. The highest BCUT2D eigenvalue weighted by Crippen LogP contribution is 2.32. The van der Waals surface area contributed by atoms with Gasteiger partial charge in [0.2, 0.25) is 0 Å². The van der Waals surface area contributed by atoms with Crippen LogP contribution >= 0.6 is 0 Å². The lowest BCUT2D eigenvalue weighted by molar-refractivity contribution is -0.155. The van der Waals surface area contributed by atoms with Gasteiger partial charge in [0.05, 0.1) is 11.8 Å². The summed E-state index contributed by atoms with van der Waals surface area (Å²) >= 11 is 0. The van der Waals surface area contributed by atoms with Crippen molar-refractivity contribution in [1.82, 2.24) is 19.1 Å². The maximum Gasteiger partial charge on any atom is 0.427 e. The number of esters is 2. The summed E-state index contributed by atoms with van der Waals surface area (Å²) in [4.78, 5) is 55.8. The zero-order chi connectivity index (χ0) is 18.5. The highest BCUT2D eigenvalue weighted by molar-refractivity contribution is 5.92. The number of hydrogen-bond donors (Lipinski definition) is 0. The second-order valence-electron chi connectivity index (χ2n) is 5.81. The smallest absolute Gasteiger partial charge is 0.375 e. The molecular weight excluding hydrogens is 344 g/mol. The number of aromatic nitrogens is 4. The van der Waals surface area contributed by atoms with E-state index in [2.05, 4.69) is 9.97 Å². The number of carbonyl (C=O) groups excluding carboxylic acids is 4. The van der Waals surface area contributed by atoms with Crippen LogP contribution in [-0.2, 0) is 19.1 Å². The first-order valence-corrected chi connectivity index (χ1v) is 8.04. The summed E-state index contributed by atoms with van der Waals surface area (Å²) in [6, 6.07) is 0. The van der Waals surface area contributed by atoms with Crippen LogP contribution in [0.25, 0.3) is 0 Å². The van der Waals surface area contributed by atoms with Crippen molar-refractivity contribution < 1.29 is 28.7 Å². The zero-order valence-electron chi connectivity index (χ0n) is 13.7. The standard InChI is InChI=1S/C16H16N4O6/c21-13(25-15(23)19-7-5-17-9-19)11-3-1-2-4-12(11)14(22)26-16(24)20-8-6-18-10-20/h5-12H,1-4H2. The number of carbonyl (C=O) groups is 4. The van der Waals surface area contributed by atoms with Gasteiger partial charge in [-0.15, -0.1) is 0 Å². The van der Waals surface area contributed by atoms with E-state index in [4.69, 9.17) is 9.47 Å². The molecule has 2 atom stereocenters. The molecule has 136 valence electrons. The van der Waals surface area contributed by atoms with Crippen LogP contribution in [0.3, 0.4) is 0 Å². The van der Waals surface area contributed by atoms with Crippen LogP contribution in [0.4, 0.5) is 9.59 Å².